The van der Waals surface area contributed by atoms with Gasteiger partial charge in [-0.15, -0.1) is 0 Å². The number of para-hydroxylation sites is 2. The predicted octanol–water partition coefficient (Wildman–Crippen LogP) is 4.94. The maximum Gasteiger partial charge on any atom is 0.333 e. The molecule has 0 unspecified atom stereocenters. The molecule has 4 aromatic carbocycles. The van der Waals surface area contributed by atoms with Gasteiger partial charge in [0.05, 0.1) is 27.2 Å². The third kappa shape index (κ3) is 6.67. The van der Waals surface area contributed by atoms with Gasteiger partial charge in [-0.2, -0.15) is 0 Å². The number of anilines is 2. The second kappa shape index (κ2) is 12.3. The van der Waals surface area contributed by atoms with E-state index in [1.54, 1.807) is 54.6 Å². The molecule has 0 bridgehead atoms. The highest BCUT2D eigenvalue weighted by atomic mass is 32.2. The number of amides is 3. The van der Waals surface area contributed by atoms with Crippen molar-refractivity contribution >= 4 is 56.0 Å². The van der Waals surface area contributed by atoms with Crippen molar-refractivity contribution in [2.24, 2.45) is 0 Å². The molecule has 0 radical (unpaired) electrons. The smallest absolute Gasteiger partial charge is 0.325 e. The van der Waals surface area contributed by atoms with Crippen molar-refractivity contribution in [2.45, 2.75) is 17.0 Å². The summed E-state index contributed by atoms with van der Waals surface area (Å²) in [4.78, 5) is 42.8. The molecule has 3 N–H and O–H groups in total. The molecular formula is C30H25N5O5S2. The zero-order valence-electron chi connectivity index (χ0n) is 22.3. The van der Waals surface area contributed by atoms with Gasteiger partial charge in [-0.1, -0.05) is 59.8 Å². The summed E-state index contributed by atoms with van der Waals surface area (Å²) >= 11 is 1.11. The molecule has 212 valence electrons. The Kier molecular flexibility index (Phi) is 8.36. The lowest BCUT2D eigenvalue weighted by atomic mass is 10.2. The lowest BCUT2D eigenvalue weighted by Gasteiger charge is -2.13. The summed E-state index contributed by atoms with van der Waals surface area (Å²) in [5.41, 5.74) is 2.76. The standard InChI is InChI=1S/C30H25N5O5S2/c1-20-11-15-23(16-12-20)35-28(37)25-9-5-6-10-26(25)33-30(35)41-19-27(36)31-22-13-17-24(18-14-22)42(39,40)34-29(38)32-21-7-3-2-4-8-21/h2-18H,19H2,1H3,(H,31,36)(H2,32,34,38). The number of fused-ring (bicyclic) bond motifs is 1. The van der Waals surface area contributed by atoms with E-state index in [4.69, 9.17) is 0 Å². The molecule has 5 rings (SSSR count). The number of carbonyl (C=O) groups excluding carboxylic acids is 2. The molecule has 0 fully saturated rings. The highest BCUT2D eigenvalue weighted by Gasteiger charge is 2.18. The van der Waals surface area contributed by atoms with E-state index >= 15 is 0 Å². The van der Waals surface area contributed by atoms with Crippen molar-refractivity contribution in [1.29, 1.82) is 0 Å². The summed E-state index contributed by atoms with van der Waals surface area (Å²) in [5, 5.41) is 5.99. The Morgan fingerprint density at radius 2 is 1.45 bits per heavy atom. The number of sulfonamides is 1. The lowest BCUT2D eigenvalue weighted by molar-refractivity contribution is -0.113. The van der Waals surface area contributed by atoms with Crippen LogP contribution in [0.3, 0.4) is 0 Å². The number of nitrogens with one attached hydrogen (secondary N) is 3. The van der Waals surface area contributed by atoms with E-state index in [1.807, 2.05) is 35.9 Å². The van der Waals surface area contributed by atoms with Crippen LogP contribution in [0.1, 0.15) is 5.56 Å². The second-order valence-corrected chi connectivity index (χ2v) is 11.8. The van der Waals surface area contributed by atoms with Crippen molar-refractivity contribution in [3.63, 3.8) is 0 Å². The number of benzene rings is 4. The summed E-state index contributed by atoms with van der Waals surface area (Å²) in [6, 6.07) is 27.4. The Bertz CT molecular complexity index is 1930. The number of hydrogen-bond donors (Lipinski definition) is 3. The van der Waals surface area contributed by atoms with Crippen LogP contribution in [-0.4, -0.2) is 35.7 Å². The van der Waals surface area contributed by atoms with Gasteiger partial charge in [0.2, 0.25) is 5.91 Å². The largest absolute Gasteiger partial charge is 0.333 e. The van der Waals surface area contributed by atoms with E-state index in [9.17, 15) is 22.8 Å². The molecule has 42 heavy (non-hydrogen) atoms. The first kappa shape index (κ1) is 28.6. The molecular weight excluding hydrogens is 574 g/mol. The van der Waals surface area contributed by atoms with Crippen LogP contribution in [0, 0.1) is 6.92 Å². The molecule has 0 atom stereocenters. The molecule has 0 spiro atoms. The van der Waals surface area contributed by atoms with E-state index < -0.39 is 16.1 Å². The number of hydrogen-bond acceptors (Lipinski definition) is 7. The highest BCUT2D eigenvalue weighted by molar-refractivity contribution is 7.99. The lowest BCUT2D eigenvalue weighted by Crippen LogP contribution is -2.34. The fourth-order valence-electron chi connectivity index (χ4n) is 4.03. The second-order valence-electron chi connectivity index (χ2n) is 9.17. The van der Waals surface area contributed by atoms with Crippen LogP contribution in [0.5, 0.6) is 0 Å². The van der Waals surface area contributed by atoms with Gasteiger partial charge in [0.15, 0.2) is 5.16 Å². The van der Waals surface area contributed by atoms with E-state index in [1.165, 1.54) is 28.8 Å². The summed E-state index contributed by atoms with van der Waals surface area (Å²) < 4.78 is 28.7. The van der Waals surface area contributed by atoms with Crippen LogP contribution in [-0.2, 0) is 14.8 Å². The average Bonchev–Trinajstić information content (AvgIpc) is 2.97. The maximum atomic E-state index is 13.4. The van der Waals surface area contributed by atoms with Gasteiger partial charge >= 0.3 is 6.03 Å². The zero-order chi connectivity index (χ0) is 29.7. The molecule has 0 aliphatic heterocycles. The van der Waals surface area contributed by atoms with Crippen molar-refractivity contribution in [3.05, 3.63) is 119 Å². The fraction of sp³-hybridized carbons (Fsp3) is 0.0667. The van der Waals surface area contributed by atoms with Gasteiger partial charge in [0, 0.05) is 11.4 Å². The van der Waals surface area contributed by atoms with Crippen LogP contribution in [0.15, 0.2) is 118 Å². The number of nitrogens with zero attached hydrogens (tertiary/aromatic N) is 2. The third-order valence-electron chi connectivity index (χ3n) is 6.08. The van der Waals surface area contributed by atoms with E-state index in [-0.39, 0.29) is 22.1 Å². The number of rotatable bonds is 8. The number of carbonyl (C=O) groups is 2. The quantitative estimate of drug-likeness (QED) is 0.170. The summed E-state index contributed by atoms with van der Waals surface area (Å²) in [6.07, 6.45) is 0. The summed E-state index contributed by atoms with van der Waals surface area (Å²) in [6.45, 7) is 1.95. The van der Waals surface area contributed by atoms with Gasteiger partial charge in [-0.3, -0.25) is 14.2 Å². The maximum absolute atomic E-state index is 13.4. The number of urea groups is 1. The Morgan fingerprint density at radius 1 is 0.810 bits per heavy atom. The molecule has 10 nitrogen and oxygen atoms in total. The van der Waals surface area contributed by atoms with Crippen LogP contribution in [0.25, 0.3) is 16.6 Å². The zero-order valence-corrected chi connectivity index (χ0v) is 23.9. The third-order valence-corrected chi connectivity index (χ3v) is 8.36. The molecule has 0 aliphatic rings. The number of thioether (sulfide) groups is 1. The average molecular weight is 600 g/mol. The topological polar surface area (TPSA) is 139 Å². The predicted molar refractivity (Wildman–Crippen MR) is 164 cm³/mol. The number of aryl methyl sites for hydroxylation is 1. The first-order chi connectivity index (χ1) is 20.2. The Hall–Kier alpha value is -4.94. The Balaban J connectivity index is 1.26. The Labute approximate surface area is 245 Å². The van der Waals surface area contributed by atoms with Gasteiger partial charge in [-0.25, -0.2) is 22.9 Å². The fourth-order valence-corrected chi connectivity index (χ4v) is 5.75. The minimum atomic E-state index is -4.15. The van der Waals surface area contributed by atoms with E-state index in [0.717, 1.165) is 17.3 Å². The van der Waals surface area contributed by atoms with Crippen LogP contribution in [0.2, 0.25) is 0 Å². The first-order valence-electron chi connectivity index (χ1n) is 12.7. The number of aromatic nitrogens is 2. The molecule has 1 aromatic heterocycles. The molecule has 3 amide bonds. The summed E-state index contributed by atoms with van der Waals surface area (Å²) in [7, 11) is -4.15. The molecule has 0 saturated heterocycles. The van der Waals surface area contributed by atoms with Gasteiger partial charge in [-0.05, 0) is 67.6 Å². The van der Waals surface area contributed by atoms with E-state index in [0.29, 0.717) is 33.1 Å². The van der Waals surface area contributed by atoms with E-state index in [2.05, 4.69) is 15.6 Å². The minimum absolute atomic E-state index is 0.0576. The van der Waals surface area contributed by atoms with Gasteiger partial charge in [0.25, 0.3) is 15.6 Å². The van der Waals surface area contributed by atoms with Crippen molar-refractivity contribution in [3.8, 4) is 5.69 Å². The SMILES string of the molecule is Cc1ccc(-n2c(SCC(=O)Nc3ccc(S(=O)(=O)NC(=O)Nc4ccccc4)cc3)nc3ccccc3c2=O)cc1. The van der Waals surface area contributed by atoms with Crippen molar-refractivity contribution < 1.29 is 18.0 Å². The minimum Gasteiger partial charge on any atom is -0.325 e. The normalized spacial score (nSPS) is 11.2. The molecule has 1 heterocycles. The van der Waals surface area contributed by atoms with Crippen molar-refractivity contribution in [2.75, 3.05) is 16.4 Å². The van der Waals surface area contributed by atoms with Crippen LogP contribution >= 0.6 is 11.8 Å². The molecule has 12 heteroatoms. The molecule has 0 aliphatic carbocycles. The first-order valence-corrected chi connectivity index (χ1v) is 15.2. The van der Waals surface area contributed by atoms with Crippen LogP contribution < -0.4 is 20.9 Å². The molecule has 0 saturated carbocycles. The van der Waals surface area contributed by atoms with Crippen molar-refractivity contribution in [1.82, 2.24) is 14.3 Å². The summed E-state index contributed by atoms with van der Waals surface area (Å²) in [5.74, 6) is -0.438. The van der Waals surface area contributed by atoms with Gasteiger partial charge < -0.3 is 10.6 Å². The van der Waals surface area contributed by atoms with Crippen LogP contribution in [0.4, 0.5) is 16.2 Å². The van der Waals surface area contributed by atoms with Gasteiger partial charge in [0.1, 0.15) is 0 Å². The monoisotopic (exact) mass is 599 g/mol. The highest BCUT2D eigenvalue weighted by Crippen LogP contribution is 2.22. The Morgan fingerprint density at radius 3 is 2.17 bits per heavy atom. The molecule has 5 aromatic rings.